The van der Waals surface area contributed by atoms with Crippen LogP contribution in [0.15, 0.2) is 53.4 Å². The lowest BCUT2D eigenvalue weighted by Crippen LogP contribution is -2.35. The van der Waals surface area contributed by atoms with Crippen LogP contribution in [0.2, 0.25) is 0 Å². The molecule has 0 spiro atoms. The third-order valence-electron chi connectivity index (χ3n) is 4.65. The molecule has 0 bridgehead atoms. The van der Waals surface area contributed by atoms with Crippen LogP contribution in [0.5, 0.6) is 0 Å². The summed E-state index contributed by atoms with van der Waals surface area (Å²) in [6.45, 7) is 0.357. The zero-order valence-corrected chi connectivity index (χ0v) is 14.4. The quantitative estimate of drug-likeness (QED) is 0.732. The predicted octanol–water partition coefficient (Wildman–Crippen LogP) is 3.93. The first kappa shape index (κ1) is 17.1. The van der Waals surface area contributed by atoms with Crippen molar-refractivity contribution in [3.05, 3.63) is 65.4 Å². The summed E-state index contributed by atoms with van der Waals surface area (Å²) in [5.74, 6) is 0. The van der Waals surface area contributed by atoms with Gasteiger partial charge >= 0.3 is 6.18 Å². The summed E-state index contributed by atoms with van der Waals surface area (Å²) in [5, 5.41) is 0.937. The number of halogens is 3. The van der Waals surface area contributed by atoms with Crippen molar-refractivity contribution in [1.82, 2.24) is 9.29 Å². The third kappa shape index (κ3) is 2.79. The Hall–Kier alpha value is -2.32. The number of hydrogen-bond donors (Lipinski definition) is 1. The number of fused-ring (bicyclic) bond motifs is 3. The van der Waals surface area contributed by atoms with Crippen LogP contribution >= 0.6 is 0 Å². The van der Waals surface area contributed by atoms with E-state index in [0.29, 0.717) is 12.5 Å². The van der Waals surface area contributed by atoms with Gasteiger partial charge in [0.15, 0.2) is 0 Å². The number of H-pyrrole nitrogens is 1. The second-order valence-electron chi connectivity index (χ2n) is 6.24. The summed E-state index contributed by atoms with van der Waals surface area (Å²) < 4.78 is 65.8. The van der Waals surface area contributed by atoms with Crippen molar-refractivity contribution in [3.63, 3.8) is 0 Å². The molecular formula is C18H15F3N2O2S. The lowest BCUT2D eigenvalue weighted by Gasteiger charge is -2.26. The maximum atomic E-state index is 12.9. The van der Waals surface area contributed by atoms with E-state index in [9.17, 15) is 21.6 Å². The predicted molar refractivity (Wildman–Crippen MR) is 91.0 cm³/mol. The Balaban J connectivity index is 1.72. The molecule has 2 heterocycles. The zero-order valence-electron chi connectivity index (χ0n) is 13.5. The van der Waals surface area contributed by atoms with Gasteiger partial charge in [0.1, 0.15) is 0 Å². The lowest BCUT2D eigenvalue weighted by molar-refractivity contribution is -0.137. The van der Waals surface area contributed by atoms with Crippen molar-refractivity contribution in [3.8, 4) is 0 Å². The van der Waals surface area contributed by atoms with Crippen molar-refractivity contribution in [1.29, 1.82) is 0 Å². The van der Waals surface area contributed by atoms with Crippen molar-refractivity contribution in [2.45, 2.75) is 24.0 Å². The Morgan fingerprint density at radius 1 is 1.04 bits per heavy atom. The molecule has 0 atom stereocenters. The largest absolute Gasteiger partial charge is 0.416 e. The zero-order chi connectivity index (χ0) is 18.5. The number of nitrogens with zero attached hydrogens (tertiary/aromatic N) is 1. The molecule has 26 heavy (non-hydrogen) atoms. The van der Waals surface area contributed by atoms with Crippen LogP contribution in [0.3, 0.4) is 0 Å². The highest BCUT2D eigenvalue weighted by atomic mass is 32.2. The number of sulfonamides is 1. The second kappa shape index (κ2) is 5.85. The Labute approximate surface area is 148 Å². The average Bonchev–Trinajstić information content (AvgIpc) is 2.99. The minimum atomic E-state index is -4.59. The number of benzene rings is 2. The van der Waals surface area contributed by atoms with Gasteiger partial charge in [0, 0.05) is 36.1 Å². The molecule has 0 fully saturated rings. The van der Waals surface area contributed by atoms with Crippen LogP contribution in [-0.2, 0) is 29.2 Å². The first-order valence-corrected chi connectivity index (χ1v) is 9.47. The number of para-hydroxylation sites is 1. The maximum absolute atomic E-state index is 12.9. The minimum Gasteiger partial charge on any atom is -0.358 e. The highest BCUT2D eigenvalue weighted by Crippen LogP contribution is 2.33. The maximum Gasteiger partial charge on any atom is 0.416 e. The summed E-state index contributed by atoms with van der Waals surface area (Å²) in [6.07, 6.45) is -4.10. The molecule has 0 saturated carbocycles. The minimum absolute atomic E-state index is 0.137. The van der Waals surface area contributed by atoms with Gasteiger partial charge in [-0.15, -0.1) is 0 Å². The van der Waals surface area contributed by atoms with Crippen LogP contribution in [0.1, 0.15) is 16.8 Å². The number of aromatic nitrogens is 1. The molecule has 136 valence electrons. The Morgan fingerprint density at radius 2 is 1.81 bits per heavy atom. The molecule has 4 nitrogen and oxygen atoms in total. The van der Waals surface area contributed by atoms with Gasteiger partial charge in [0.05, 0.1) is 10.5 Å². The van der Waals surface area contributed by atoms with Gasteiger partial charge in [-0.2, -0.15) is 17.5 Å². The number of nitrogens with one attached hydrogen (secondary N) is 1. The molecule has 0 amide bonds. The first-order valence-electron chi connectivity index (χ1n) is 8.03. The number of aromatic amines is 1. The van der Waals surface area contributed by atoms with Crippen LogP contribution in [-0.4, -0.2) is 24.3 Å². The van der Waals surface area contributed by atoms with Crippen molar-refractivity contribution in [2.24, 2.45) is 0 Å². The molecule has 0 saturated heterocycles. The highest BCUT2D eigenvalue weighted by Gasteiger charge is 2.34. The monoisotopic (exact) mass is 380 g/mol. The Bertz CT molecular complexity index is 1090. The summed E-state index contributed by atoms with van der Waals surface area (Å²) in [4.78, 5) is 2.95. The summed E-state index contributed by atoms with van der Waals surface area (Å²) in [7, 11) is -4.01. The SMILES string of the molecule is O=S(=O)(c1cccc(C(F)(F)F)c1)N1CCc2[nH]c3ccccc3c2C1. The molecule has 1 aliphatic heterocycles. The molecule has 1 N–H and O–H groups in total. The smallest absolute Gasteiger partial charge is 0.358 e. The van der Waals surface area contributed by atoms with Crippen LogP contribution in [0, 0.1) is 0 Å². The van der Waals surface area contributed by atoms with Gasteiger partial charge in [-0.1, -0.05) is 24.3 Å². The lowest BCUT2D eigenvalue weighted by atomic mass is 10.1. The fourth-order valence-electron chi connectivity index (χ4n) is 3.33. The average molecular weight is 380 g/mol. The van der Waals surface area contributed by atoms with E-state index in [1.807, 2.05) is 24.3 Å². The fourth-order valence-corrected chi connectivity index (χ4v) is 4.78. The van der Waals surface area contributed by atoms with Gasteiger partial charge in [0.25, 0.3) is 0 Å². The van der Waals surface area contributed by atoms with Crippen molar-refractivity contribution >= 4 is 20.9 Å². The molecule has 0 radical (unpaired) electrons. The van der Waals surface area contributed by atoms with Crippen LogP contribution in [0.4, 0.5) is 13.2 Å². The first-order chi connectivity index (χ1) is 12.3. The number of rotatable bonds is 2. The summed E-state index contributed by atoms with van der Waals surface area (Å²) in [6, 6.07) is 11.5. The van der Waals surface area contributed by atoms with Gasteiger partial charge in [-0.3, -0.25) is 0 Å². The topological polar surface area (TPSA) is 53.2 Å². The van der Waals surface area contributed by atoms with E-state index in [0.717, 1.165) is 34.3 Å². The number of alkyl halides is 3. The Morgan fingerprint density at radius 3 is 2.58 bits per heavy atom. The molecule has 0 unspecified atom stereocenters. The van der Waals surface area contributed by atoms with Gasteiger partial charge in [-0.25, -0.2) is 8.42 Å². The molecule has 4 rings (SSSR count). The van der Waals surface area contributed by atoms with E-state index >= 15 is 0 Å². The highest BCUT2D eigenvalue weighted by molar-refractivity contribution is 7.89. The molecule has 8 heteroatoms. The van der Waals surface area contributed by atoms with E-state index in [4.69, 9.17) is 0 Å². The van der Waals surface area contributed by atoms with E-state index in [2.05, 4.69) is 4.98 Å². The Kier molecular flexibility index (Phi) is 3.85. The van der Waals surface area contributed by atoms with Gasteiger partial charge < -0.3 is 4.98 Å². The van der Waals surface area contributed by atoms with E-state index in [1.54, 1.807) is 0 Å². The molecule has 3 aromatic rings. The van der Waals surface area contributed by atoms with E-state index < -0.39 is 21.8 Å². The third-order valence-corrected chi connectivity index (χ3v) is 6.49. The molecule has 2 aromatic carbocycles. The van der Waals surface area contributed by atoms with E-state index in [-0.39, 0.29) is 18.0 Å². The van der Waals surface area contributed by atoms with E-state index in [1.165, 1.54) is 10.4 Å². The van der Waals surface area contributed by atoms with Crippen molar-refractivity contribution in [2.75, 3.05) is 6.54 Å². The standard InChI is InChI=1S/C18H15F3N2O2S/c19-18(20,21)12-4-3-5-13(10-12)26(24,25)23-9-8-17-15(11-23)14-6-1-2-7-16(14)22-17/h1-7,10,22H,8-9,11H2. The number of hydrogen-bond acceptors (Lipinski definition) is 2. The molecule has 1 aliphatic rings. The van der Waals surface area contributed by atoms with Gasteiger partial charge in [-0.05, 0) is 29.8 Å². The van der Waals surface area contributed by atoms with Crippen LogP contribution < -0.4 is 0 Å². The summed E-state index contributed by atoms with van der Waals surface area (Å²) in [5.41, 5.74) is 1.81. The molecule has 1 aromatic heterocycles. The fraction of sp³-hybridized carbons (Fsp3) is 0.222. The second-order valence-corrected chi connectivity index (χ2v) is 8.18. The molecular weight excluding hydrogens is 365 g/mol. The van der Waals surface area contributed by atoms with Crippen molar-refractivity contribution < 1.29 is 21.6 Å². The normalized spacial score (nSPS) is 16.0. The summed E-state index contributed by atoms with van der Waals surface area (Å²) >= 11 is 0. The van der Waals surface area contributed by atoms with Crippen LogP contribution in [0.25, 0.3) is 10.9 Å². The molecule has 0 aliphatic carbocycles. The van der Waals surface area contributed by atoms with Gasteiger partial charge in [0.2, 0.25) is 10.0 Å².